The van der Waals surface area contributed by atoms with Gasteiger partial charge in [-0.3, -0.25) is 0 Å². The van der Waals surface area contributed by atoms with E-state index in [1.807, 2.05) is 31.2 Å². The molecule has 0 heterocycles. The van der Waals surface area contributed by atoms with Crippen LogP contribution in [0.25, 0.3) is 0 Å². The smallest absolute Gasteiger partial charge is 0.123 e. The lowest BCUT2D eigenvalue weighted by Gasteiger charge is -2.17. The quantitative estimate of drug-likeness (QED) is 0.833. The molecular formula is C19H22FNO. The summed E-state index contributed by atoms with van der Waals surface area (Å²) in [6.07, 6.45) is 2.34. The molecule has 2 nitrogen and oxygen atoms in total. The van der Waals surface area contributed by atoms with Crippen LogP contribution in [0.1, 0.15) is 30.9 Å². The fourth-order valence-corrected chi connectivity index (χ4v) is 2.88. The van der Waals surface area contributed by atoms with Crippen LogP contribution in [0.3, 0.4) is 0 Å². The van der Waals surface area contributed by atoms with E-state index in [1.54, 1.807) is 12.1 Å². The van der Waals surface area contributed by atoms with Gasteiger partial charge < -0.3 is 10.1 Å². The van der Waals surface area contributed by atoms with Crippen molar-refractivity contribution in [2.75, 3.05) is 13.2 Å². The number of hydrogen-bond donors (Lipinski definition) is 1. The number of ether oxygens (including phenoxy) is 1. The second kappa shape index (κ2) is 6.49. The SMILES string of the molecule is CCOc1cccc(CNCC2(c3ccc(F)cc3)CC2)c1. The molecule has 1 aliphatic carbocycles. The average molecular weight is 299 g/mol. The molecule has 1 saturated carbocycles. The summed E-state index contributed by atoms with van der Waals surface area (Å²) in [5.41, 5.74) is 2.66. The molecule has 0 aromatic heterocycles. The van der Waals surface area contributed by atoms with Crippen molar-refractivity contribution in [1.29, 1.82) is 0 Å². The maximum absolute atomic E-state index is 13.0. The molecule has 0 unspecified atom stereocenters. The Morgan fingerprint density at radius 3 is 2.59 bits per heavy atom. The zero-order valence-corrected chi connectivity index (χ0v) is 12.9. The maximum Gasteiger partial charge on any atom is 0.123 e. The average Bonchev–Trinajstić information content (AvgIpc) is 3.30. The fourth-order valence-electron chi connectivity index (χ4n) is 2.88. The number of rotatable bonds is 7. The Labute approximate surface area is 131 Å². The summed E-state index contributed by atoms with van der Waals surface area (Å²) < 4.78 is 18.6. The topological polar surface area (TPSA) is 21.3 Å². The normalized spacial score (nSPS) is 15.5. The first-order valence-corrected chi connectivity index (χ1v) is 7.90. The molecule has 0 saturated heterocycles. The van der Waals surface area contributed by atoms with E-state index in [0.29, 0.717) is 6.61 Å². The second-order valence-corrected chi connectivity index (χ2v) is 5.97. The van der Waals surface area contributed by atoms with E-state index in [1.165, 1.54) is 24.0 Å². The summed E-state index contributed by atoms with van der Waals surface area (Å²) in [6.45, 7) is 4.43. The standard InChI is InChI=1S/C19H22FNO/c1-2-22-18-5-3-4-15(12-18)13-21-14-19(10-11-19)16-6-8-17(20)9-7-16/h3-9,12,21H,2,10-11,13-14H2,1H3. The van der Waals surface area contributed by atoms with E-state index >= 15 is 0 Å². The Kier molecular flexibility index (Phi) is 4.44. The van der Waals surface area contributed by atoms with Crippen molar-refractivity contribution in [2.24, 2.45) is 0 Å². The van der Waals surface area contributed by atoms with E-state index in [4.69, 9.17) is 4.74 Å². The second-order valence-electron chi connectivity index (χ2n) is 5.97. The minimum Gasteiger partial charge on any atom is -0.494 e. The summed E-state index contributed by atoms with van der Waals surface area (Å²) in [5, 5.41) is 3.54. The van der Waals surface area contributed by atoms with Gasteiger partial charge >= 0.3 is 0 Å². The van der Waals surface area contributed by atoms with Crippen molar-refractivity contribution in [2.45, 2.75) is 31.7 Å². The van der Waals surface area contributed by atoms with E-state index in [-0.39, 0.29) is 11.2 Å². The lowest BCUT2D eigenvalue weighted by molar-refractivity contribution is 0.340. The minimum atomic E-state index is -0.166. The number of benzene rings is 2. The molecule has 3 rings (SSSR count). The van der Waals surface area contributed by atoms with E-state index in [2.05, 4.69) is 17.4 Å². The number of nitrogens with one attached hydrogen (secondary N) is 1. The maximum atomic E-state index is 13.0. The molecule has 116 valence electrons. The van der Waals surface area contributed by atoms with Crippen molar-refractivity contribution in [3.05, 3.63) is 65.5 Å². The first-order chi connectivity index (χ1) is 10.7. The summed E-state index contributed by atoms with van der Waals surface area (Å²) in [6, 6.07) is 15.1. The third-order valence-electron chi connectivity index (χ3n) is 4.31. The molecule has 2 aromatic rings. The minimum absolute atomic E-state index is 0.166. The van der Waals surface area contributed by atoms with Gasteiger partial charge in [-0.2, -0.15) is 0 Å². The number of halogens is 1. The van der Waals surface area contributed by atoms with Crippen molar-refractivity contribution in [3.63, 3.8) is 0 Å². The Hall–Kier alpha value is -1.87. The van der Waals surface area contributed by atoms with Crippen LogP contribution in [0.2, 0.25) is 0 Å². The summed E-state index contributed by atoms with van der Waals surface area (Å²) in [5.74, 6) is 0.752. The summed E-state index contributed by atoms with van der Waals surface area (Å²) in [4.78, 5) is 0. The van der Waals surface area contributed by atoms with Gasteiger partial charge in [0.15, 0.2) is 0 Å². The Morgan fingerprint density at radius 1 is 1.14 bits per heavy atom. The Morgan fingerprint density at radius 2 is 1.91 bits per heavy atom. The molecular weight excluding hydrogens is 277 g/mol. The van der Waals surface area contributed by atoms with Crippen LogP contribution in [-0.4, -0.2) is 13.2 Å². The van der Waals surface area contributed by atoms with Gasteiger partial charge in [-0.1, -0.05) is 24.3 Å². The van der Waals surface area contributed by atoms with Gasteiger partial charge in [0.2, 0.25) is 0 Å². The molecule has 0 radical (unpaired) electrons. The van der Waals surface area contributed by atoms with Crippen LogP contribution < -0.4 is 10.1 Å². The zero-order valence-electron chi connectivity index (χ0n) is 12.9. The first kappa shape index (κ1) is 15.0. The van der Waals surface area contributed by atoms with Gasteiger partial charge in [-0.15, -0.1) is 0 Å². The van der Waals surface area contributed by atoms with Crippen LogP contribution in [0, 0.1) is 5.82 Å². The van der Waals surface area contributed by atoms with Crippen LogP contribution in [0.4, 0.5) is 4.39 Å². The lowest BCUT2D eigenvalue weighted by atomic mass is 9.96. The fraction of sp³-hybridized carbons (Fsp3) is 0.368. The van der Waals surface area contributed by atoms with E-state index < -0.39 is 0 Å². The van der Waals surface area contributed by atoms with Crippen molar-refractivity contribution in [1.82, 2.24) is 5.32 Å². The Balaban J connectivity index is 1.56. The van der Waals surface area contributed by atoms with Gasteiger partial charge in [-0.25, -0.2) is 4.39 Å². The summed E-state index contributed by atoms with van der Waals surface area (Å²) >= 11 is 0. The molecule has 0 aliphatic heterocycles. The van der Waals surface area contributed by atoms with Gasteiger partial charge in [0.05, 0.1) is 6.61 Å². The lowest BCUT2D eigenvalue weighted by Crippen LogP contribution is -2.26. The molecule has 0 bridgehead atoms. The summed E-state index contributed by atoms with van der Waals surface area (Å²) in [7, 11) is 0. The van der Waals surface area contributed by atoms with E-state index in [0.717, 1.165) is 18.8 Å². The monoisotopic (exact) mass is 299 g/mol. The number of hydrogen-bond acceptors (Lipinski definition) is 2. The predicted molar refractivity (Wildman–Crippen MR) is 86.6 cm³/mol. The largest absolute Gasteiger partial charge is 0.494 e. The molecule has 1 fully saturated rings. The van der Waals surface area contributed by atoms with Gasteiger partial charge in [0, 0.05) is 18.5 Å². The van der Waals surface area contributed by atoms with Crippen molar-refractivity contribution >= 4 is 0 Å². The molecule has 2 aromatic carbocycles. The van der Waals surface area contributed by atoms with Crippen molar-refractivity contribution < 1.29 is 9.13 Å². The first-order valence-electron chi connectivity index (χ1n) is 7.90. The Bertz CT molecular complexity index is 620. The van der Waals surface area contributed by atoms with Crippen LogP contribution in [-0.2, 0) is 12.0 Å². The van der Waals surface area contributed by atoms with Crippen LogP contribution in [0.5, 0.6) is 5.75 Å². The van der Waals surface area contributed by atoms with Crippen LogP contribution in [0.15, 0.2) is 48.5 Å². The molecule has 1 N–H and O–H groups in total. The third-order valence-corrected chi connectivity index (χ3v) is 4.31. The molecule has 1 aliphatic rings. The highest BCUT2D eigenvalue weighted by atomic mass is 19.1. The van der Waals surface area contributed by atoms with E-state index in [9.17, 15) is 4.39 Å². The van der Waals surface area contributed by atoms with Crippen LogP contribution >= 0.6 is 0 Å². The zero-order chi connectivity index (χ0) is 15.4. The molecule has 0 spiro atoms. The molecule has 0 amide bonds. The highest BCUT2D eigenvalue weighted by Crippen LogP contribution is 2.47. The van der Waals surface area contributed by atoms with Gasteiger partial charge in [0.1, 0.15) is 11.6 Å². The van der Waals surface area contributed by atoms with Gasteiger partial charge in [-0.05, 0) is 55.2 Å². The third kappa shape index (κ3) is 3.47. The highest BCUT2D eigenvalue weighted by Gasteiger charge is 2.43. The molecule has 22 heavy (non-hydrogen) atoms. The molecule has 3 heteroatoms. The predicted octanol–water partition coefficient (Wildman–Crippen LogP) is 4.05. The van der Waals surface area contributed by atoms with Gasteiger partial charge in [0.25, 0.3) is 0 Å². The molecule has 0 atom stereocenters. The van der Waals surface area contributed by atoms with Crippen molar-refractivity contribution in [3.8, 4) is 5.75 Å². The highest BCUT2D eigenvalue weighted by molar-refractivity contribution is 5.32.